The number of hydrogen-bond donors (Lipinski definition) is 1. The second kappa shape index (κ2) is 9.18. The summed E-state index contributed by atoms with van der Waals surface area (Å²) in [6, 6.07) is 4.00. The maximum absolute atomic E-state index is 14.4. The number of carbonyl (C=O) groups excluding carboxylic acids is 3. The Labute approximate surface area is 243 Å². The summed E-state index contributed by atoms with van der Waals surface area (Å²) in [5.41, 5.74) is -0.226. The van der Waals surface area contributed by atoms with Gasteiger partial charge in [-0.2, -0.15) is 0 Å². The van der Waals surface area contributed by atoms with E-state index in [1.807, 2.05) is 12.3 Å². The summed E-state index contributed by atoms with van der Waals surface area (Å²) in [7, 11) is 0. The highest BCUT2D eigenvalue weighted by molar-refractivity contribution is 6.01. The molecule has 220 valence electrons. The zero-order valence-electron chi connectivity index (χ0n) is 25.3. The average Bonchev–Trinajstić information content (AvgIpc) is 3.36. The van der Waals surface area contributed by atoms with Crippen molar-refractivity contribution < 1.29 is 24.2 Å². The van der Waals surface area contributed by atoms with Crippen molar-refractivity contribution in [1.29, 1.82) is 0 Å². The number of aliphatic hydroxyl groups excluding tert-OH is 1. The number of pyridine rings is 1. The van der Waals surface area contributed by atoms with Crippen molar-refractivity contribution in [3.8, 4) is 0 Å². The van der Waals surface area contributed by atoms with Gasteiger partial charge in [-0.15, -0.1) is 0 Å². The molecule has 1 aromatic heterocycles. The molecule has 1 aromatic rings. The number of rotatable bonds is 5. The van der Waals surface area contributed by atoms with E-state index in [0.29, 0.717) is 19.5 Å². The number of ether oxygens (including phenoxy) is 1. The minimum atomic E-state index is -0.750. The van der Waals surface area contributed by atoms with Gasteiger partial charge in [0.25, 0.3) is 0 Å². The molecule has 7 nitrogen and oxygen atoms in total. The molecule has 0 aromatic carbocycles. The second-order valence-corrected chi connectivity index (χ2v) is 14.6. The number of ketones is 2. The topological polar surface area (TPSA) is 96.8 Å². The highest BCUT2D eigenvalue weighted by Gasteiger charge is 2.80. The minimum Gasteiger partial charge on any atom is -0.458 e. The molecule has 4 aliphatic carbocycles. The normalized spacial score (nSPS) is 44.9. The number of aliphatic hydroxyl groups is 1. The fourth-order valence-electron chi connectivity index (χ4n) is 10.9. The van der Waals surface area contributed by atoms with Gasteiger partial charge >= 0.3 is 5.97 Å². The van der Waals surface area contributed by atoms with Crippen LogP contribution >= 0.6 is 0 Å². The van der Waals surface area contributed by atoms with E-state index in [0.717, 1.165) is 30.5 Å². The van der Waals surface area contributed by atoms with E-state index in [1.165, 1.54) is 6.92 Å². The zero-order chi connectivity index (χ0) is 29.6. The van der Waals surface area contributed by atoms with Crippen LogP contribution in [0.3, 0.4) is 0 Å². The highest BCUT2D eigenvalue weighted by Crippen LogP contribution is 2.80. The van der Waals surface area contributed by atoms with Gasteiger partial charge in [-0.3, -0.25) is 24.3 Å². The zero-order valence-corrected chi connectivity index (χ0v) is 25.3. The standard InChI is InChI=1S/C34H44N2O5/c1-21-12-27-31(4)14-24-18-36(17-23-8-7-11-35-16-23)20-34(24,29(40)19-41-22(2)37)32(31,5)15-28(39)33(27,6)30(3)10-9-25(38)13-26(21)30/h7-11,13,16,21,24,27-28,39H,12,14-15,17-20H2,1-6H3. The molecule has 4 fully saturated rings. The van der Waals surface area contributed by atoms with Crippen molar-refractivity contribution in [2.75, 3.05) is 19.7 Å². The van der Waals surface area contributed by atoms with Crippen LogP contribution in [0.5, 0.6) is 0 Å². The third-order valence-electron chi connectivity index (χ3n) is 13.1. The lowest BCUT2D eigenvalue weighted by molar-refractivity contribution is -0.229. The summed E-state index contributed by atoms with van der Waals surface area (Å²) < 4.78 is 5.37. The predicted octanol–water partition coefficient (Wildman–Crippen LogP) is 4.55. The van der Waals surface area contributed by atoms with E-state index in [2.05, 4.69) is 56.6 Å². The molecule has 5 aliphatic rings. The number of likely N-dealkylation sites (tertiary alicyclic amines) is 1. The van der Waals surface area contributed by atoms with E-state index < -0.39 is 33.7 Å². The Kier molecular flexibility index (Phi) is 6.37. The molecule has 9 unspecified atom stereocenters. The quantitative estimate of drug-likeness (QED) is 0.528. The van der Waals surface area contributed by atoms with Gasteiger partial charge in [0.2, 0.25) is 0 Å². The number of nitrogens with zero attached hydrogens (tertiary/aromatic N) is 2. The molecule has 3 saturated carbocycles. The Morgan fingerprint density at radius 2 is 1.95 bits per heavy atom. The van der Waals surface area contributed by atoms with Crippen molar-refractivity contribution >= 4 is 17.5 Å². The van der Waals surface area contributed by atoms with E-state index in [4.69, 9.17) is 4.74 Å². The Balaban J connectivity index is 1.45. The number of carbonyl (C=O) groups is 3. The van der Waals surface area contributed by atoms with Gasteiger partial charge in [-0.1, -0.05) is 52.3 Å². The molecule has 0 radical (unpaired) electrons. The molecule has 0 bridgehead atoms. The van der Waals surface area contributed by atoms with Crippen LogP contribution in [0.25, 0.3) is 0 Å². The van der Waals surface area contributed by atoms with Crippen molar-refractivity contribution in [3.63, 3.8) is 0 Å². The third-order valence-corrected chi connectivity index (χ3v) is 13.1. The van der Waals surface area contributed by atoms with Crippen LogP contribution in [0.2, 0.25) is 0 Å². The lowest BCUT2D eigenvalue weighted by Crippen LogP contribution is -2.69. The van der Waals surface area contributed by atoms with Crippen molar-refractivity contribution in [1.82, 2.24) is 9.88 Å². The number of fused-ring (bicyclic) bond motifs is 7. The molecule has 9 atom stereocenters. The molecule has 41 heavy (non-hydrogen) atoms. The van der Waals surface area contributed by atoms with Gasteiger partial charge in [0, 0.05) is 49.8 Å². The first-order valence-corrected chi connectivity index (χ1v) is 15.1. The maximum Gasteiger partial charge on any atom is 0.303 e. The fraction of sp³-hybridized carbons (Fsp3) is 0.647. The van der Waals surface area contributed by atoms with Crippen LogP contribution in [0.4, 0.5) is 0 Å². The Morgan fingerprint density at radius 3 is 2.63 bits per heavy atom. The molecule has 1 saturated heterocycles. The number of Topliss-reactive ketones (excluding diaryl/α,β-unsaturated/α-hetero) is 1. The summed E-state index contributed by atoms with van der Waals surface area (Å²) in [6.45, 7) is 14.4. The Hall–Kier alpha value is -2.64. The Morgan fingerprint density at radius 1 is 1.20 bits per heavy atom. The molecule has 2 heterocycles. The Bertz CT molecular complexity index is 1360. The van der Waals surface area contributed by atoms with Crippen LogP contribution < -0.4 is 0 Å². The van der Waals surface area contributed by atoms with E-state index in [9.17, 15) is 19.5 Å². The fourth-order valence-corrected chi connectivity index (χ4v) is 10.9. The molecule has 7 heteroatoms. The summed E-state index contributed by atoms with van der Waals surface area (Å²) in [5.74, 6) is -0.0527. The molecular weight excluding hydrogens is 516 g/mol. The smallest absolute Gasteiger partial charge is 0.303 e. The van der Waals surface area contributed by atoms with Crippen molar-refractivity contribution in [3.05, 3.63) is 53.9 Å². The van der Waals surface area contributed by atoms with Gasteiger partial charge in [-0.05, 0) is 71.6 Å². The van der Waals surface area contributed by atoms with Crippen LogP contribution in [0, 0.1) is 44.8 Å². The molecule has 6 rings (SSSR count). The largest absolute Gasteiger partial charge is 0.458 e. The van der Waals surface area contributed by atoms with Gasteiger partial charge < -0.3 is 9.84 Å². The van der Waals surface area contributed by atoms with E-state index >= 15 is 0 Å². The van der Waals surface area contributed by atoms with Gasteiger partial charge in [0.05, 0.1) is 11.5 Å². The van der Waals surface area contributed by atoms with E-state index in [-0.39, 0.29) is 41.3 Å². The first-order chi connectivity index (χ1) is 19.2. The minimum absolute atomic E-state index is 0.0202. The van der Waals surface area contributed by atoms with Crippen LogP contribution in [0.15, 0.2) is 48.3 Å². The SMILES string of the molecule is CC(=O)OCC(=O)C12CN(Cc3cccnc3)CC1CC1(C)C3CC(C)C4=CC(=O)C=CC4(C)C3(C)C(O)CC12C. The summed E-state index contributed by atoms with van der Waals surface area (Å²) in [6.07, 6.45) is 10.7. The predicted molar refractivity (Wildman–Crippen MR) is 154 cm³/mol. The second-order valence-electron chi connectivity index (χ2n) is 14.6. The summed E-state index contributed by atoms with van der Waals surface area (Å²) >= 11 is 0. The molecule has 1 aliphatic heterocycles. The van der Waals surface area contributed by atoms with Gasteiger partial charge in [0.1, 0.15) is 0 Å². The van der Waals surface area contributed by atoms with Crippen molar-refractivity contribution in [2.45, 2.75) is 73.5 Å². The first-order valence-electron chi connectivity index (χ1n) is 15.1. The van der Waals surface area contributed by atoms with Gasteiger partial charge in [0.15, 0.2) is 18.2 Å². The number of allylic oxidation sites excluding steroid dienone is 4. The summed E-state index contributed by atoms with van der Waals surface area (Å²) in [5, 5.41) is 12.3. The number of aromatic nitrogens is 1. The number of esters is 1. The first kappa shape index (κ1) is 28.5. The number of hydrogen-bond acceptors (Lipinski definition) is 7. The monoisotopic (exact) mass is 560 g/mol. The molecule has 1 N–H and O–H groups in total. The highest BCUT2D eigenvalue weighted by atomic mass is 16.5. The summed E-state index contributed by atoms with van der Waals surface area (Å²) in [4.78, 5) is 45.4. The lowest BCUT2D eigenvalue weighted by Gasteiger charge is -2.70. The molecule has 0 amide bonds. The van der Waals surface area contributed by atoms with Gasteiger partial charge in [-0.25, -0.2) is 0 Å². The molecular formula is C34H44N2O5. The van der Waals surface area contributed by atoms with Crippen molar-refractivity contribution in [2.24, 2.45) is 44.8 Å². The van der Waals surface area contributed by atoms with Crippen LogP contribution in [-0.4, -0.2) is 58.3 Å². The maximum atomic E-state index is 14.4. The lowest BCUT2D eigenvalue weighted by atomic mass is 9.34. The third kappa shape index (κ3) is 3.57. The van der Waals surface area contributed by atoms with Crippen LogP contribution in [0.1, 0.15) is 66.4 Å². The van der Waals surface area contributed by atoms with Crippen LogP contribution in [-0.2, 0) is 25.7 Å². The average molecular weight is 561 g/mol. The van der Waals surface area contributed by atoms with E-state index in [1.54, 1.807) is 18.3 Å². The molecule has 0 spiro atoms.